The largest absolute Gasteiger partial charge is 0.338 e. The summed E-state index contributed by atoms with van der Waals surface area (Å²) in [5.41, 5.74) is 0.845. The van der Waals surface area contributed by atoms with Crippen LogP contribution in [-0.2, 0) is 17.8 Å². The molecule has 1 heterocycles. The van der Waals surface area contributed by atoms with Crippen LogP contribution in [0.4, 0.5) is 13.2 Å². The summed E-state index contributed by atoms with van der Waals surface area (Å²) in [7, 11) is 1.54. The summed E-state index contributed by atoms with van der Waals surface area (Å²) in [5.74, 6) is -0.383. The number of carbonyl (C=O) groups is 1. The van der Waals surface area contributed by atoms with Crippen LogP contribution in [0.2, 0.25) is 0 Å². The molecule has 2 aromatic rings. The standard InChI is InChI=1S/C15H16F3N3O/c1-20(10-13-19-8-9-21(13)15(17)18)14(22)7-4-11-2-5-12(16)6-3-11/h2-3,5-6,8-9,15H,4,7,10H2,1H3. The minimum absolute atomic E-state index is 0.0135. The maximum absolute atomic E-state index is 12.8. The van der Waals surface area contributed by atoms with Crippen LogP contribution >= 0.6 is 0 Å². The van der Waals surface area contributed by atoms with Gasteiger partial charge < -0.3 is 4.90 Å². The van der Waals surface area contributed by atoms with E-state index < -0.39 is 6.55 Å². The average Bonchev–Trinajstić information content (AvgIpc) is 2.94. The molecule has 0 saturated heterocycles. The molecule has 0 N–H and O–H groups in total. The number of halogens is 3. The Kier molecular flexibility index (Phi) is 5.19. The van der Waals surface area contributed by atoms with E-state index >= 15 is 0 Å². The van der Waals surface area contributed by atoms with Crippen LogP contribution in [0.15, 0.2) is 36.7 Å². The van der Waals surface area contributed by atoms with Crippen LogP contribution in [0.5, 0.6) is 0 Å². The second kappa shape index (κ2) is 7.11. The van der Waals surface area contributed by atoms with E-state index in [2.05, 4.69) is 4.98 Å². The minimum atomic E-state index is -2.68. The average molecular weight is 311 g/mol. The summed E-state index contributed by atoms with van der Waals surface area (Å²) in [6.07, 6.45) is 3.14. The van der Waals surface area contributed by atoms with Crippen LogP contribution in [0, 0.1) is 5.82 Å². The van der Waals surface area contributed by atoms with Gasteiger partial charge in [-0.2, -0.15) is 8.78 Å². The maximum Gasteiger partial charge on any atom is 0.319 e. The Morgan fingerprint density at radius 2 is 2.00 bits per heavy atom. The van der Waals surface area contributed by atoms with Crippen LogP contribution in [0.25, 0.3) is 0 Å². The van der Waals surface area contributed by atoms with Crippen molar-refractivity contribution in [2.45, 2.75) is 25.9 Å². The normalized spacial score (nSPS) is 11.0. The van der Waals surface area contributed by atoms with Gasteiger partial charge in [-0.15, -0.1) is 0 Å². The zero-order valence-corrected chi connectivity index (χ0v) is 12.0. The van der Waals surface area contributed by atoms with Crippen molar-refractivity contribution >= 4 is 5.91 Å². The fourth-order valence-electron chi connectivity index (χ4n) is 2.04. The Bertz CT molecular complexity index is 625. The van der Waals surface area contributed by atoms with Crippen molar-refractivity contribution in [1.82, 2.24) is 14.5 Å². The number of imidazole rings is 1. The van der Waals surface area contributed by atoms with Crippen molar-refractivity contribution < 1.29 is 18.0 Å². The Hall–Kier alpha value is -2.31. The lowest BCUT2D eigenvalue weighted by molar-refractivity contribution is -0.130. The quantitative estimate of drug-likeness (QED) is 0.822. The van der Waals surface area contributed by atoms with Gasteiger partial charge in [0.05, 0.1) is 6.54 Å². The third-order valence-corrected chi connectivity index (χ3v) is 3.30. The van der Waals surface area contributed by atoms with E-state index in [4.69, 9.17) is 0 Å². The van der Waals surface area contributed by atoms with Gasteiger partial charge in [-0.1, -0.05) is 12.1 Å². The van der Waals surface area contributed by atoms with E-state index in [9.17, 15) is 18.0 Å². The van der Waals surface area contributed by atoms with Gasteiger partial charge in [-0.25, -0.2) is 9.37 Å². The van der Waals surface area contributed by atoms with Gasteiger partial charge in [0, 0.05) is 25.9 Å². The molecule has 0 spiro atoms. The van der Waals surface area contributed by atoms with Crippen molar-refractivity contribution in [2.75, 3.05) is 7.05 Å². The summed E-state index contributed by atoms with van der Waals surface area (Å²) in [6, 6.07) is 5.91. The predicted octanol–water partition coefficient (Wildman–Crippen LogP) is 3.01. The summed E-state index contributed by atoms with van der Waals surface area (Å²) >= 11 is 0. The van der Waals surface area contributed by atoms with Crippen molar-refractivity contribution in [3.8, 4) is 0 Å². The van der Waals surface area contributed by atoms with E-state index in [-0.39, 0.29) is 30.5 Å². The molecule has 7 heteroatoms. The van der Waals surface area contributed by atoms with Gasteiger partial charge in [0.15, 0.2) is 0 Å². The van der Waals surface area contributed by atoms with Crippen molar-refractivity contribution in [2.24, 2.45) is 0 Å². The number of benzene rings is 1. The number of rotatable bonds is 6. The molecule has 1 amide bonds. The third kappa shape index (κ3) is 4.09. The van der Waals surface area contributed by atoms with Gasteiger partial charge in [-0.05, 0) is 24.1 Å². The number of carbonyl (C=O) groups excluding carboxylic acids is 1. The lowest BCUT2D eigenvalue weighted by atomic mass is 10.1. The van der Waals surface area contributed by atoms with E-state index in [1.54, 1.807) is 12.1 Å². The Morgan fingerprint density at radius 3 is 2.64 bits per heavy atom. The molecule has 0 aliphatic rings. The molecule has 22 heavy (non-hydrogen) atoms. The lowest BCUT2D eigenvalue weighted by Crippen LogP contribution is -2.28. The minimum Gasteiger partial charge on any atom is -0.338 e. The molecule has 0 atom stereocenters. The van der Waals surface area contributed by atoms with E-state index in [0.717, 1.165) is 10.1 Å². The fourth-order valence-corrected chi connectivity index (χ4v) is 2.04. The first-order chi connectivity index (χ1) is 10.5. The molecule has 0 aliphatic carbocycles. The topological polar surface area (TPSA) is 38.1 Å². The number of hydrogen-bond donors (Lipinski definition) is 0. The van der Waals surface area contributed by atoms with Crippen LogP contribution in [0.1, 0.15) is 24.4 Å². The number of nitrogens with zero attached hydrogens (tertiary/aromatic N) is 3. The van der Waals surface area contributed by atoms with Crippen LogP contribution in [-0.4, -0.2) is 27.4 Å². The van der Waals surface area contributed by atoms with E-state index in [1.807, 2.05) is 0 Å². The first kappa shape index (κ1) is 16.1. The molecule has 1 aromatic carbocycles. The summed E-state index contributed by atoms with van der Waals surface area (Å²) < 4.78 is 38.9. The third-order valence-electron chi connectivity index (χ3n) is 3.30. The molecule has 0 unspecified atom stereocenters. The molecule has 0 aliphatic heterocycles. The van der Waals surface area contributed by atoms with Gasteiger partial charge in [0.2, 0.25) is 5.91 Å². The summed E-state index contributed by atoms with van der Waals surface area (Å²) in [5, 5.41) is 0. The number of alkyl halides is 2. The molecule has 0 fully saturated rings. The Balaban J connectivity index is 1.89. The molecule has 2 rings (SSSR count). The fraction of sp³-hybridized carbons (Fsp3) is 0.333. The number of aryl methyl sites for hydroxylation is 1. The molecular formula is C15H16F3N3O. The lowest BCUT2D eigenvalue weighted by Gasteiger charge is -2.17. The van der Waals surface area contributed by atoms with Crippen molar-refractivity contribution in [3.05, 3.63) is 53.9 Å². The van der Waals surface area contributed by atoms with E-state index in [1.165, 1.54) is 36.5 Å². The first-order valence-corrected chi connectivity index (χ1v) is 6.75. The number of aromatic nitrogens is 2. The zero-order chi connectivity index (χ0) is 16.1. The zero-order valence-electron chi connectivity index (χ0n) is 12.0. The molecule has 0 radical (unpaired) electrons. The van der Waals surface area contributed by atoms with Crippen LogP contribution < -0.4 is 0 Å². The highest BCUT2D eigenvalue weighted by molar-refractivity contribution is 5.76. The molecule has 118 valence electrons. The maximum atomic E-state index is 12.8. The first-order valence-electron chi connectivity index (χ1n) is 6.75. The van der Waals surface area contributed by atoms with E-state index in [0.29, 0.717) is 6.42 Å². The second-order valence-electron chi connectivity index (χ2n) is 4.90. The highest BCUT2D eigenvalue weighted by Gasteiger charge is 2.16. The van der Waals surface area contributed by atoms with Crippen molar-refractivity contribution in [3.63, 3.8) is 0 Å². The molecule has 0 bridgehead atoms. The van der Waals surface area contributed by atoms with Gasteiger partial charge in [-0.3, -0.25) is 9.36 Å². The Morgan fingerprint density at radius 1 is 1.32 bits per heavy atom. The molecule has 1 aromatic heterocycles. The Labute approximate surface area is 126 Å². The summed E-state index contributed by atoms with van der Waals surface area (Å²) in [4.78, 5) is 17.2. The van der Waals surface area contributed by atoms with Crippen molar-refractivity contribution in [1.29, 1.82) is 0 Å². The molecular weight excluding hydrogens is 295 g/mol. The molecule has 4 nitrogen and oxygen atoms in total. The molecule has 0 saturated carbocycles. The highest BCUT2D eigenvalue weighted by Crippen LogP contribution is 2.14. The second-order valence-corrected chi connectivity index (χ2v) is 4.90. The predicted molar refractivity (Wildman–Crippen MR) is 74.7 cm³/mol. The van der Waals surface area contributed by atoms with Gasteiger partial charge >= 0.3 is 6.55 Å². The number of amides is 1. The highest BCUT2D eigenvalue weighted by atomic mass is 19.3. The van der Waals surface area contributed by atoms with Gasteiger partial charge in [0.1, 0.15) is 11.6 Å². The smallest absolute Gasteiger partial charge is 0.319 e. The monoisotopic (exact) mass is 311 g/mol. The number of hydrogen-bond acceptors (Lipinski definition) is 2. The summed E-state index contributed by atoms with van der Waals surface area (Å²) in [6.45, 7) is -2.67. The van der Waals surface area contributed by atoms with Gasteiger partial charge in [0.25, 0.3) is 0 Å². The van der Waals surface area contributed by atoms with Crippen LogP contribution in [0.3, 0.4) is 0 Å². The SMILES string of the molecule is CN(Cc1nccn1C(F)F)C(=O)CCc1ccc(F)cc1.